The van der Waals surface area contributed by atoms with Crippen LogP contribution in [0.5, 0.6) is 0 Å². The predicted octanol–water partition coefficient (Wildman–Crippen LogP) is 1.56. The van der Waals surface area contributed by atoms with E-state index in [2.05, 4.69) is 4.74 Å². The second kappa shape index (κ2) is 4.66. The van der Waals surface area contributed by atoms with Gasteiger partial charge in [0.1, 0.15) is 0 Å². The molecule has 0 aliphatic heterocycles. The maximum Gasteiger partial charge on any atom is 0.430 e. The van der Waals surface area contributed by atoms with E-state index < -0.39 is 36.9 Å². The molecule has 1 atom stereocenters. The molecule has 0 rings (SSSR count). The van der Waals surface area contributed by atoms with Crippen LogP contribution in [0.25, 0.3) is 0 Å². The van der Waals surface area contributed by atoms with E-state index in [9.17, 15) is 40.3 Å². The van der Waals surface area contributed by atoms with Crippen LogP contribution in [0.1, 0.15) is 0 Å². The number of carbonyl (C=O) groups excluding carboxylic acids is 2. The lowest BCUT2D eigenvalue weighted by Crippen LogP contribution is -2.40. The van der Waals surface area contributed by atoms with Crippen LogP contribution in [-0.2, 0) is 14.3 Å². The Morgan fingerprint density at radius 1 is 1.12 bits per heavy atom. The Bertz CT molecular complexity index is 284. The smallest absolute Gasteiger partial charge is 0.386 e. The van der Waals surface area contributed by atoms with Crippen molar-refractivity contribution < 1.29 is 45.1 Å². The Labute approximate surface area is 83.2 Å². The highest BCUT2D eigenvalue weighted by molar-refractivity contribution is 5.91. The van der Waals surface area contributed by atoms with Crippen LogP contribution in [-0.4, -0.2) is 36.9 Å². The summed E-state index contributed by atoms with van der Waals surface area (Å²) in [6.07, 6.45) is -9.94. The van der Waals surface area contributed by atoms with E-state index in [1.54, 1.807) is 0 Å². The van der Waals surface area contributed by atoms with Gasteiger partial charge in [-0.3, -0.25) is 0 Å². The largest absolute Gasteiger partial charge is 0.430 e. The van der Waals surface area contributed by atoms with Crippen molar-refractivity contribution in [1.29, 1.82) is 0 Å². The SMILES string of the molecule is O=C(OC(=O)C(F)(F)CF)C(F)C(F)(F)F. The zero-order valence-electron chi connectivity index (χ0n) is 7.15. The van der Waals surface area contributed by atoms with Gasteiger partial charge in [-0.05, 0) is 0 Å². The lowest BCUT2D eigenvalue weighted by Gasteiger charge is -2.13. The van der Waals surface area contributed by atoms with Gasteiger partial charge in [0.2, 0.25) is 0 Å². The van der Waals surface area contributed by atoms with Gasteiger partial charge in [-0.25, -0.2) is 18.4 Å². The summed E-state index contributed by atoms with van der Waals surface area (Å²) in [7, 11) is 0. The molecule has 0 aromatic rings. The molecule has 0 amide bonds. The first-order valence-corrected chi connectivity index (χ1v) is 3.43. The van der Waals surface area contributed by atoms with Crippen molar-refractivity contribution in [2.75, 3.05) is 6.67 Å². The number of esters is 2. The van der Waals surface area contributed by atoms with Crippen LogP contribution in [0, 0.1) is 0 Å². The number of carbonyl (C=O) groups is 2. The highest BCUT2D eigenvalue weighted by Gasteiger charge is 2.50. The highest BCUT2D eigenvalue weighted by Crippen LogP contribution is 2.25. The third-order valence-electron chi connectivity index (χ3n) is 1.15. The van der Waals surface area contributed by atoms with Gasteiger partial charge in [0.05, 0.1) is 0 Å². The Morgan fingerprint density at radius 3 is 1.88 bits per heavy atom. The van der Waals surface area contributed by atoms with E-state index in [1.807, 2.05) is 0 Å². The Kier molecular flexibility index (Phi) is 4.27. The third kappa shape index (κ3) is 3.66. The fourth-order valence-corrected chi connectivity index (χ4v) is 0.406. The molecule has 0 spiro atoms. The summed E-state index contributed by atoms with van der Waals surface area (Å²) in [6, 6.07) is 0. The second-order valence-electron chi connectivity index (χ2n) is 2.45. The summed E-state index contributed by atoms with van der Waals surface area (Å²) in [5.74, 6) is -10.5. The van der Waals surface area contributed by atoms with Crippen molar-refractivity contribution >= 4 is 11.9 Å². The molecule has 0 radical (unpaired) electrons. The zero-order chi connectivity index (χ0) is 13.1. The van der Waals surface area contributed by atoms with E-state index >= 15 is 0 Å². The van der Waals surface area contributed by atoms with Gasteiger partial charge in [0, 0.05) is 0 Å². The minimum atomic E-state index is -5.69. The molecule has 0 saturated heterocycles. The normalized spacial score (nSPS) is 14.4. The molecule has 0 aliphatic rings. The molecule has 3 nitrogen and oxygen atoms in total. The molecule has 16 heavy (non-hydrogen) atoms. The predicted molar refractivity (Wildman–Crippen MR) is 33.0 cm³/mol. The fraction of sp³-hybridized carbons (Fsp3) is 0.667. The summed E-state index contributed by atoms with van der Waals surface area (Å²) in [5, 5.41) is 0. The summed E-state index contributed by atoms with van der Waals surface area (Å²) in [5.41, 5.74) is 0. The Morgan fingerprint density at radius 2 is 1.56 bits per heavy atom. The van der Waals surface area contributed by atoms with Crippen LogP contribution in [0.2, 0.25) is 0 Å². The number of halogens is 7. The third-order valence-corrected chi connectivity index (χ3v) is 1.15. The monoisotopic (exact) mass is 256 g/mol. The van der Waals surface area contributed by atoms with Crippen molar-refractivity contribution in [1.82, 2.24) is 0 Å². The molecular formula is C6H3F7O3. The van der Waals surface area contributed by atoms with Gasteiger partial charge < -0.3 is 4.74 Å². The van der Waals surface area contributed by atoms with Crippen LogP contribution in [0.15, 0.2) is 0 Å². The van der Waals surface area contributed by atoms with Crippen molar-refractivity contribution in [3.8, 4) is 0 Å². The van der Waals surface area contributed by atoms with Gasteiger partial charge in [0.15, 0.2) is 6.67 Å². The molecule has 0 aromatic heterocycles. The zero-order valence-corrected chi connectivity index (χ0v) is 7.15. The van der Waals surface area contributed by atoms with Crippen molar-refractivity contribution in [3.63, 3.8) is 0 Å². The molecular weight excluding hydrogens is 253 g/mol. The highest BCUT2D eigenvalue weighted by atomic mass is 19.4. The first kappa shape index (κ1) is 14.7. The van der Waals surface area contributed by atoms with E-state index in [0.29, 0.717) is 0 Å². The second-order valence-corrected chi connectivity index (χ2v) is 2.45. The quantitative estimate of drug-likeness (QED) is 0.437. The van der Waals surface area contributed by atoms with Crippen molar-refractivity contribution in [3.05, 3.63) is 0 Å². The molecule has 1 unspecified atom stereocenters. The van der Waals surface area contributed by atoms with Crippen LogP contribution in [0.4, 0.5) is 30.7 Å². The number of hydrogen-bond donors (Lipinski definition) is 0. The van der Waals surface area contributed by atoms with Gasteiger partial charge >= 0.3 is 24.0 Å². The summed E-state index contributed by atoms with van der Waals surface area (Å²) >= 11 is 0. The summed E-state index contributed by atoms with van der Waals surface area (Å²) < 4.78 is 84.9. The Balaban J connectivity index is 4.54. The van der Waals surface area contributed by atoms with Crippen LogP contribution >= 0.6 is 0 Å². The lowest BCUT2D eigenvalue weighted by atomic mass is 10.3. The van der Waals surface area contributed by atoms with Crippen molar-refractivity contribution in [2.45, 2.75) is 18.3 Å². The average Bonchev–Trinajstić information content (AvgIpc) is 2.14. The van der Waals surface area contributed by atoms with Gasteiger partial charge in [0.25, 0.3) is 6.17 Å². The number of alkyl halides is 7. The molecule has 0 aromatic carbocycles. The molecule has 0 aliphatic carbocycles. The first-order valence-electron chi connectivity index (χ1n) is 3.43. The fourth-order valence-electron chi connectivity index (χ4n) is 0.406. The van der Waals surface area contributed by atoms with Crippen molar-refractivity contribution in [2.24, 2.45) is 0 Å². The molecule has 0 saturated carbocycles. The number of ether oxygens (including phenoxy) is 1. The molecule has 0 fully saturated rings. The number of rotatable bonds is 3. The summed E-state index contributed by atoms with van der Waals surface area (Å²) in [6.45, 7) is -2.58. The van der Waals surface area contributed by atoms with Crippen LogP contribution in [0.3, 0.4) is 0 Å². The first-order chi connectivity index (χ1) is 7.02. The average molecular weight is 256 g/mol. The lowest BCUT2D eigenvalue weighted by molar-refractivity contribution is -0.208. The molecule has 94 valence electrons. The standard InChI is InChI=1S/C6H3F7O3/c7-1-5(9,10)4(15)16-3(14)2(8)6(11,12)13/h2H,1H2. The topological polar surface area (TPSA) is 43.4 Å². The summed E-state index contributed by atoms with van der Waals surface area (Å²) in [4.78, 5) is 20.3. The van der Waals surface area contributed by atoms with Crippen LogP contribution < -0.4 is 0 Å². The number of hydrogen-bond acceptors (Lipinski definition) is 3. The van der Waals surface area contributed by atoms with E-state index in [4.69, 9.17) is 0 Å². The Hall–Kier alpha value is -1.35. The molecule has 0 N–H and O–H groups in total. The van der Waals surface area contributed by atoms with Gasteiger partial charge in [-0.15, -0.1) is 0 Å². The molecule has 0 bridgehead atoms. The van der Waals surface area contributed by atoms with E-state index in [-0.39, 0.29) is 0 Å². The maximum atomic E-state index is 12.1. The molecule has 0 heterocycles. The molecule has 10 heteroatoms. The maximum absolute atomic E-state index is 12.1. The van der Waals surface area contributed by atoms with E-state index in [0.717, 1.165) is 0 Å². The minimum absolute atomic E-state index is 2.58. The van der Waals surface area contributed by atoms with E-state index in [1.165, 1.54) is 0 Å². The van der Waals surface area contributed by atoms with Gasteiger partial charge in [-0.1, -0.05) is 0 Å². The van der Waals surface area contributed by atoms with Gasteiger partial charge in [-0.2, -0.15) is 22.0 Å². The minimum Gasteiger partial charge on any atom is -0.386 e.